The number of carbonyl (C=O) groups is 1. The number of alkyl halides is 1. The molecule has 4 aliphatic rings. The molecule has 0 heterocycles. The Morgan fingerprint density at radius 1 is 1.13 bits per heavy atom. The SMILES string of the molecule is Cc1cc(C)cc(NC(=O)CC23C[C@@H]4C[C@@H](CC(Br)(C4)C2)C3)c1. The minimum Gasteiger partial charge on any atom is -0.326 e. The van der Waals surface area contributed by atoms with Crippen LogP contribution in [0, 0.1) is 31.1 Å². The lowest BCUT2D eigenvalue weighted by Crippen LogP contribution is -2.53. The van der Waals surface area contributed by atoms with E-state index in [2.05, 4.69) is 53.3 Å². The zero-order valence-corrected chi connectivity index (χ0v) is 15.7. The second-order valence-electron chi connectivity index (χ2n) is 8.71. The van der Waals surface area contributed by atoms with Crippen molar-refractivity contribution in [2.75, 3.05) is 5.32 Å². The fraction of sp³-hybridized carbons (Fsp3) is 0.650. The highest BCUT2D eigenvalue weighted by atomic mass is 79.9. The van der Waals surface area contributed by atoms with Crippen LogP contribution in [0.1, 0.15) is 56.1 Å². The molecule has 5 rings (SSSR count). The highest BCUT2D eigenvalue weighted by Crippen LogP contribution is 2.65. The summed E-state index contributed by atoms with van der Waals surface area (Å²) in [6, 6.07) is 6.27. The van der Waals surface area contributed by atoms with E-state index in [0.29, 0.717) is 10.7 Å². The number of aryl methyl sites for hydroxylation is 2. The maximum absolute atomic E-state index is 12.7. The van der Waals surface area contributed by atoms with E-state index in [1.165, 1.54) is 49.7 Å². The maximum Gasteiger partial charge on any atom is 0.224 e. The normalized spacial score (nSPS) is 37.9. The number of amides is 1. The first kappa shape index (κ1) is 15.7. The van der Waals surface area contributed by atoms with E-state index >= 15 is 0 Å². The number of anilines is 1. The summed E-state index contributed by atoms with van der Waals surface area (Å²) in [5.41, 5.74) is 3.60. The number of carbonyl (C=O) groups excluding carboxylic acids is 1. The van der Waals surface area contributed by atoms with Crippen molar-refractivity contribution in [3.8, 4) is 0 Å². The van der Waals surface area contributed by atoms with Crippen molar-refractivity contribution >= 4 is 27.5 Å². The molecule has 3 heteroatoms. The van der Waals surface area contributed by atoms with Crippen LogP contribution in [0.5, 0.6) is 0 Å². The molecule has 4 bridgehead atoms. The van der Waals surface area contributed by atoms with Gasteiger partial charge >= 0.3 is 0 Å². The average molecular weight is 376 g/mol. The first-order valence-electron chi connectivity index (χ1n) is 8.90. The summed E-state index contributed by atoms with van der Waals surface area (Å²) in [6.07, 6.45) is 8.45. The molecule has 4 atom stereocenters. The minimum atomic E-state index is 0.202. The van der Waals surface area contributed by atoms with Crippen molar-refractivity contribution < 1.29 is 4.79 Å². The smallest absolute Gasteiger partial charge is 0.224 e. The molecule has 1 aromatic rings. The molecular weight excluding hydrogens is 350 g/mol. The number of nitrogens with one attached hydrogen (secondary N) is 1. The van der Waals surface area contributed by atoms with Crippen LogP contribution >= 0.6 is 15.9 Å². The molecule has 2 nitrogen and oxygen atoms in total. The molecule has 1 amide bonds. The Bertz CT molecular complexity index is 619. The third kappa shape index (κ3) is 3.09. The second kappa shape index (κ2) is 5.34. The Hall–Kier alpha value is -0.830. The van der Waals surface area contributed by atoms with Crippen molar-refractivity contribution in [3.63, 3.8) is 0 Å². The molecule has 4 fully saturated rings. The molecule has 1 aromatic carbocycles. The number of hydrogen-bond donors (Lipinski definition) is 1. The molecule has 0 aromatic heterocycles. The summed E-state index contributed by atoms with van der Waals surface area (Å²) < 4.78 is 0.331. The molecule has 0 spiro atoms. The molecular formula is C20H26BrNO. The van der Waals surface area contributed by atoms with E-state index in [-0.39, 0.29) is 11.3 Å². The lowest BCUT2D eigenvalue weighted by Gasteiger charge is -2.60. The van der Waals surface area contributed by atoms with Crippen LogP contribution in [-0.4, -0.2) is 10.2 Å². The Labute approximate surface area is 147 Å². The molecule has 1 N–H and O–H groups in total. The van der Waals surface area contributed by atoms with Crippen molar-refractivity contribution in [2.45, 2.75) is 63.1 Å². The minimum absolute atomic E-state index is 0.202. The largest absolute Gasteiger partial charge is 0.326 e. The van der Waals surface area contributed by atoms with Crippen molar-refractivity contribution in [1.29, 1.82) is 0 Å². The van der Waals surface area contributed by atoms with Crippen LogP contribution in [0.2, 0.25) is 0 Å². The molecule has 2 unspecified atom stereocenters. The van der Waals surface area contributed by atoms with Gasteiger partial charge in [-0.15, -0.1) is 0 Å². The monoisotopic (exact) mass is 375 g/mol. The Morgan fingerprint density at radius 3 is 2.30 bits per heavy atom. The molecule has 0 radical (unpaired) electrons. The fourth-order valence-electron chi connectivity index (χ4n) is 6.14. The second-order valence-corrected chi connectivity index (χ2v) is 10.4. The predicted octanol–water partition coefficient (Wildman–Crippen LogP) is 5.37. The molecule has 124 valence electrons. The molecule has 23 heavy (non-hydrogen) atoms. The first-order chi connectivity index (χ1) is 10.8. The highest BCUT2D eigenvalue weighted by Gasteiger charge is 2.57. The molecule has 0 aliphatic heterocycles. The number of benzene rings is 1. The number of rotatable bonds is 3. The van der Waals surface area contributed by atoms with E-state index in [9.17, 15) is 4.79 Å². The fourth-order valence-corrected chi connectivity index (χ4v) is 7.65. The summed E-state index contributed by atoms with van der Waals surface area (Å²) in [4.78, 5) is 12.7. The Morgan fingerprint density at radius 2 is 1.74 bits per heavy atom. The van der Waals surface area contributed by atoms with Crippen LogP contribution in [0.25, 0.3) is 0 Å². The quantitative estimate of drug-likeness (QED) is 0.707. The van der Waals surface area contributed by atoms with Gasteiger partial charge in [-0.3, -0.25) is 4.79 Å². The van der Waals surface area contributed by atoms with Gasteiger partial charge in [0.05, 0.1) is 0 Å². The Balaban J connectivity index is 1.48. The summed E-state index contributed by atoms with van der Waals surface area (Å²) in [5, 5.41) is 3.16. The van der Waals surface area contributed by atoms with E-state index in [4.69, 9.17) is 0 Å². The van der Waals surface area contributed by atoms with Gasteiger partial charge in [-0.05, 0) is 92.9 Å². The lowest BCUT2D eigenvalue weighted by molar-refractivity contribution is -0.123. The summed E-state index contributed by atoms with van der Waals surface area (Å²) >= 11 is 4.04. The van der Waals surface area contributed by atoms with Crippen LogP contribution in [-0.2, 0) is 4.79 Å². The molecule has 4 aliphatic carbocycles. The summed E-state index contributed by atoms with van der Waals surface area (Å²) in [6.45, 7) is 4.16. The van der Waals surface area contributed by atoms with Gasteiger partial charge in [0, 0.05) is 16.4 Å². The van der Waals surface area contributed by atoms with Gasteiger partial charge in [-0.2, -0.15) is 0 Å². The average Bonchev–Trinajstić information content (AvgIpc) is 2.32. The van der Waals surface area contributed by atoms with Crippen molar-refractivity contribution in [3.05, 3.63) is 29.3 Å². The molecule has 0 saturated heterocycles. The van der Waals surface area contributed by atoms with Gasteiger partial charge in [0.25, 0.3) is 0 Å². The first-order valence-corrected chi connectivity index (χ1v) is 9.70. The summed E-state index contributed by atoms with van der Waals surface area (Å²) in [7, 11) is 0. The van der Waals surface area contributed by atoms with Crippen LogP contribution < -0.4 is 5.32 Å². The lowest BCUT2D eigenvalue weighted by atomic mass is 9.48. The topological polar surface area (TPSA) is 29.1 Å². The predicted molar refractivity (Wildman–Crippen MR) is 97.9 cm³/mol. The van der Waals surface area contributed by atoms with Crippen molar-refractivity contribution in [2.24, 2.45) is 17.3 Å². The highest BCUT2D eigenvalue weighted by molar-refractivity contribution is 9.10. The van der Waals surface area contributed by atoms with Crippen LogP contribution in [0.3, 0.4) is 0 Å². The van der Waals surface area contributed by atoms with Gasteiger partial charge < -0.3 is 5.32 Å². The van der Waals surface area contributed by atoms with E-state index in [0.717, 1.165) is 17.5 Å². The van der Waals surface area contributed by atoms with E-state index in [1.54, 1.807) is 0 Å². The van der Waals surface area contributed by atoms with E-state index < -0.39 is 0 Å². The van der Waals surface area contributed by atoms with Gasteiger partial charge in [0.1, 0.15) is 0 Å². The zero-order chi connectivity index (χ0) is 16.2. The standard InChI is InChI=1S/C20H26BrNO/c1-13-3-14(2)5-17(4-13)22-18(23)11-19-7-15-6-16(8-19)10-20(21,9-15)12-19/h3-5,15-16H,6-12H2,1-2H3,(H,22,23)/t15-,16+,19?,20?. The zero-order valence-electron chi connectivity index (χ0n) is 14.1. The van der Waals surface area contributed by atoms with Crippen LogP contribution in [0.15, 0.2) is 18.2 Å². The Kier molecular flexibility index (Phi) is 3.64. The van der Waals surface area contributed by atoms with Gasteiger partial charge in [0.2, 0.25) is 5.91 Å². The third-order valence-electron chi connectivity index (χ3n) is 6.15. The number of halogens is 1. The number of hydrogen-bond acceptors (Lipinski definition) is 1. The van der Waals surface area contributed by atoms with Crippen LogP contribution in [0.4, 0.5) is 5.69 Å². The van der Waals surface area contributed by atoms with Gasteiger partial charge in [-0.25, -0.2) is 0 Å². The summed E-state index contributed by atoms with van der Waals surface area (Å²) in [5.74, 6) is 1.88. The van der Waals surface area contributed by atoms with E-state index in [1.807, 2.05) is 0 Å². The maximum atomic E-state index is 12.7. The van der Waals surface area contributed by atoms with Gasteiger partial charge in [-0.1, -0.05) is 22.0 Å². The molecule has 4 saturated carbocycles. The van der Waals surface area contributed by atoms with Gasteiger partial charge in [0.15, 0.2) is 0 Å². The third-order valence-corrected chi connectivity index (χ3v) is 7.08. The van der Waals surface area contributed by atoms with Crippen molar-refractivity contribution in [1.82, 2.24) is 0 Å².